The molecule has 0 aliphatic heterocycles. The Bertz CT molecular complexity index is 461. The number of ether oxygens (including phenoxy) is 1. The molecule has 0 unspecified atom stereocenters. The molecule has 0 radical (unpaired) electrons. The Morgan fingerprint density at radius 1 is 1.42 bits per heavy atom. The number of rotatable bonds is 4. The molecule has 0 atom stereocenters. The molecule has 0 aliphatic carbocycles. The van der Waals surface area contributed by atoms with Crippen LogP contribution in [-0.4, -0.2) is 37.7 Å². The highest BCUT2D eigenvalue weighted by atomic mass is 19.4. The van der Waals surface area contributed by atoms with Gasteiger partial charge in [0.05, 0.1) is 19.1 Å². The maximum absolute atomic E-state index is 12.1. The Hall–Kier alpha value is -1.92. The lowest BCUT2D eigenvalue weighted by molar-refractivity contribution is -0.136. The summed E-state index contributed by atoms with van der Waals surface area (Å²) in [5, 5.41) is 0. The predicted molar refractivity (Wildman–Crippen MR) is 65.0 cm³/mol. The van der Waals surface area contributed by atoms with Gasteiger partial charge in [-0.05, 0) is 18.2 Å². The van der Waals surface area contributed by atoms with Crippen LogP contribution < -0.4 is 10.5 Å². The first-order valence-corrected chi connectivity index (χ1v) is 5.50. The number of hydrogen-bond acceptors (Lipinski definition) is 3. The van der Waals surface area contributed by atoms with Crippen molar-refractivity contribution in [2.24, 2.45) is 0 Å². The largest absolute Gasteiger partial charge is 0.497 e. The van der Waals surface area contributed by atoms with E-state index in [1.165, 1.54) is 26.3 Å². The fraction of sp³-hybridized carbons (Fsp3) is 0.417. The number of hydrogen-bond donors (Lipinski definition) is 1. The minimum absolute atomic E-state index is 0.129. The van der Waals surface area contributed by atoms with Gasteiger partial charge in [0.1, 0.15) is 5.75 Å². The monoisotopic (exact) mass is 276 g/mol. The highest BCUT2D eigenvalue weighted by molar-refractivity contribution is 5.99. The van der Waals surface area contributed by atoms with Gasteiger partial charge in [0.2, 0.25) is 0 Å². The van der Waals surface area contributed by atoms with E-state index < -0.39 is 25.0 Å². The summed E-state index contributed by atoms with van der Waals surface area (Å²) in [7, 11) is 2.72. The zero-order valence-electron chi connectivity index (χ0n) is 10.6. The van der Waals surface area contributed by atoms with E-state index in [2.05, 4.69) is 0 Å². The Morgan fingerprint density at radius 3 is 2.58 bits per heavy atom. The molecular formula is C12H15F3N2O2. The molecule has 0 heterocycles. The second kappa shape index (κ2) is 5.81. The van der Waals surface area contributed by atoms with Gasteiger partial charge in [0, 0.05) is 19.3 Å². The molecular weight excluding hydrogens is 261 g/mol. The number of halogens is 3. The number of carbonyl (C=O) groups is 1. The lowest BCUT2D eigenvalue weighted by atomic mass is 10.1. The number of amides is 1. The first-order chi connectivity index (χ1) is 8.74. The molecule has 1 amide bonds. The van der Waals surface area contributed by atoms with Crippen molar-refractivity contribution in [3.05, 3.63) is 23.8 Å². The normalized spacial score (nSPS) is 11.2. The van der Waals surface area contributed by atoms with Gasteiger partial charge < -0.3 is 15.4 Å². The summed E-state index contributed by atoms with van der Waals surface area (Å²) >= 11 is 0. The van der Waals surface area contributed by atoms with Crippen LogP contribution in [0.3, 0.4) is 0 Å². The smallest absolute Gasteiger partial charge is 0.390 e. The van der Waals surface area contributed by atoms with E-state index >= 15 is 0 Å². The lowest BCUT2D eigenvalue weighted by Crippen LogP contribution is -2.31. The van der Waals surface area contributed by atoms with Crippen LogP contribution in [0.25, 0.3) is 0 Å². The van der Waals surface area contributed by atoms with E-state index in [-0.39, 0.29) is 11.3 Å². The molecule has 1 aromatic rings. The summed E-state index contributed by atoms with van der Waals surface area (Å²) in [6, 6.07) is 4.45. The number of anilines is 1. The molecule has 0 aliphatic rings. The van der Waals surface area contributed by atoms with Gasteiger partial charge in [-0.1, -0.05) is 0 Å². The highest BCUT2D eigenvalue weighted by Crippen LogP contribution is 2.23. The standard InChI is InChI=1S/C12H15F3N2O2/c1-17(6-5-12(13,14)15)11(18)9-7-8(19-2)3-4-10(9)16/h3-4,7H,5-6,16H2,1-2H3. The van der Waals surface area contributed by atoms with Gasteiger partial charge in [0.15, 0.2) is 0 Å². The fourth-order valence-electron chi connectivity index (χ4n) is 1.45. The molecule has 0 saturated carbocycles. The minimum atomic E-state index is -4.30. The molecule has 0 saturated heterocycles. The predicted octanol–water partition coefficient (Wildman–Crippen LogP) is 2.30. The summed E-state index contributed by atoms with van der Waals surface area (Å²) in [4.78, 5) is 13.0. The molecule has 1 aromatic carbocycles. The number of benzene rings is 1. The molecule has 19 heavy (non-hydrogen) atoms. The Morgan fingerprint density at radius 2 is 2.05 bits per heavy atom. The van der Waals surface area contributed by atoms with Crippen LogP contribution >= 0.6 is 0 Å². The summed E-state index contributed by atoms with van der Waals surface area (Å²) in [5.74, 6) is -0.151. The van der Waals surface area contributed by atoms with Crippen molar-refractivity contribution in [1.82, 2.24) is 4.90 Å². The van der Waals surface area contributed by atoms with Crippen molar-refractivity contribution < 1.29 is 22.7 Å². The Kier molecular flexibility index (Phi) is 4.63. The van der Waals surface area contributed by atoms with Crippen LogP contribution in [0.4, 0.5) is 18.9 Å². The third-order valence-electron chi connectivity index (χ3n) is 2.57. The third kappa shape index (κ3) is 4.35. The first kappa shape index (κ1) is 15.1. The molecule has 0 fully saturated rings. The van der Waals surface area contributed by atoms with Crippen LogP contribution in [0.1, 0.15) is 16.8 Å². The van der Waals surface area contributed by atoms with E-state index in [0.717, 1.165) is 4.90 Å². The summed E-state index contributed by atoms with van der Waals surface area (Å²) < 4.78 is 41.2. The van der Waals surface area contributed by atoms with Crippen molar-refractivity contribution in [1.29, 1.82) is 0 Å². The number of nitrogen functional groups attached to an aromatic ring is 1. The molecule has 0 aromatic heterocycles. The maximum atomic E-state index is 12.1. The summed E-state index contributed by atoms with van der Waals surface area (Å²) in [6.45, 7) is -0.418. The number of nitrogens with two attached hydrogens (primary N) is 1. The minimum Gasteiger partial charge on any atom is -0.497 e. The number of nitrogens with zero attached hydrogens (tertiary/aromatic N) is 1. The molecule has 2 N–H and O–H groups in total. The maximum Gasteiger partial charge on any atom is 0.390 e. The number of carbonyl (C=O) groups excluding carboxylic acids is 1. The Balaban J connectivity index is 2.82. The molecule has 0 spiro atoms. The van der Waals surface area contributed by atoms with Crippen LogP contribution in [0.2, 0.25) is 0 Å². The van der Waals surface area contributed by atoms with Crippen LogP contribution in [-0.2, 0) is 0 Å². The zero-order chi connectivity index (χ0) is 14.6. The SMILES string of the molecule is COc1ccc(N)c(C(=O)N(C)CCC(F)(F)F)c1. The van der Waals surface area contributed by atoms with Crippen LogP contribution in [0.15, 0.2) is 18.2 Å². The van der Waals surface area contributed by atoms with Gasteiger partial charge in [-0.3, -0.25) is 4.79 Å². The lowest BCUT2D eigenvalue weighted by Gasteiger charge is -2.19. The van der Waals surface area contributed by atoms with Gasteiger partial charge in [0.25, 0.3) is 5.91 Å². The fourth-order valence-corrected chi connectivity index (χ4v) is 1.45. The summed E-state index contributed by atoms with van der Waals surface area (Å²) in [5.41, 5.74) is 5.97. The van der Waals surface area contributed by atoms with Crippen molar-refractivity contribution in [3.8, 4) is 5.75 Å². The van der Waals surface area contributed by atoms with E-state index in [0.29, 0.717) is 5.75 Å². The van der Waals surface area contributed by atoms with E-state index in [1.807, 2.05) is 0 Å². The van der Waals surface area contributed by atoms with Gasteiger partial charge in [-0.25, -0.2) is 0 Å². The van der Waals surface area contributed by atoms with Crippen molar-refractivity contribution in [2.45, 2.75) is 12.6 Å². The molecule has 4 nitrogen and oxygen atoms in total. The molecule has 0 bridgehead atoms. The van der Waals surface area contributed by atoms with Crippen molar-refractivity contribution in [2.75, 3.05) is 26.4 Å². The van der Waals surface area contributed by atoms with Crippen LogP contribution in [0, 0.1) is 0 Å². The molecule has 106 valence electrons. The van der Waals surface area contributed by atoms with E-state index in [1.54, 1.807) is 6.07 Å². The second-order valence-electron chi connectivity index (χ2n) is 4.05. The molecule has 1 rings (SSSR count). The zero-order valence-corrected chi connectivity index (χ0v) is 10.6. The average molecular weight is 276 g/mol. The first-order valence-electron chi connectivity index (χ1n) is 5.50. The van der Waals surface area contributed by atoms with E-state index in [9.17, 15) is 18.0 Å². The van der Waals surface area contributed by atoms with Gasteiger partial charge in [-0.15, -0.1) is 0 Å². The third-order valence-corrected chi connectivity index (χ3v) is 2.57. The quantitative estimate of drug-likeness (QED) is 0.858. The average Bonchev–Trinajstić information content (AvgIpc) is 2.35. The van der Waals surface area contributed by atoms with Crippen molar-refractivity contribution in [3.63, 3.8) is 0 Å². The Labute approximate surface area is 108 Å². The highest BCUT2D eigenvalue weighted by Gasteiger charge is 2.28. The van der Waals surface area contributed by atoms with Crippen molar-refractivity contribution >= 4 is 11.6 Å². The van der Waals surface area contributed by atoms with E-state index in [4.69, 9.17) is 10.5 Å². The van der Waals surface area contributed by atoms with Gasteiger partial charge in [-0.2, -0.15) is 13.2 Å². The number of methoxy groups -OCH3 is 1. The topological polar surface area (TPSA) is 55.6 Å². The summed E-state index contributed by atoms with van der Waals surface area (Å²) in [6.07, 6.45) is -5.35. The van der Waals surface area contributed by atoms with Gasteiger partial charge >= 0.3 is 6.18 Å². The molecule has 7 heteroatoms. The second-order valence-corrected chi connectivity index (χ2v) is 4.05. The number of alkyl halides is 3. The van der Waals surface area contributed by atoms with Crippen LogP contribution in [0.5, 0.6) is 5.75 Å².